The van der Waals surface area contributed by atoms with Crippen LogP contribution in [0.5, 0.6) is 5.75 Å². The number of ether oxygens (including phenoxy) is 1. The first kappa shape index (κ1) is 27.0. The first-order valence-electron chi connectivity index (χ1n) is 10.4. The van der Waals surface area contributed by atoms with E-state index in [1.54, 1.807) is 36.3 Å². The van der Waals surface area contributed by atoms with E-state index < -0.39 is 12.1 Å². The number of carbonyl (C=O) groups excluding carboxylic acids is 1. The van der Waals surface area contributed by atoms with Crippen LogP contribution in [0.3, 0.4) is 0 Å². The van der Waals surface area contributed by atoms with Gasteiger partial charge in [-0.3, -0.25) is 14.8 Å². The minimum absolute atomic E-state index is 0. The molecule has 1 aliphatic rings. The number of alkyl halides is 2. The van der Waals surface area contributed by atoms with Crippen molar-refractivity contribution in [2.75, 3.05) is 7.11 Å². The monoisotopic (exact) mass is 550 g/mol. The minimum Gasteiger partial charge on any atom is -0.496 e. The molecule has 4 aromatic rings. The van der Waals surface area contributed by atoms with Gasteiger partial charge >= 0.3 is 16.5 Å². The molecule has 36 heavy (non-hydrogen) atoms. The average Bonchev–Trinajstić information content (AvgIpc) is 3.36. The standard InChI is InChI=1S/C17H13F2N4O2.C7H5N2S.Ni/c1-23-4-3-13(22-23)14-5-11(10(9-24)7-20-14)12-6-15(17(18)19)21-8-16(12)25-2;1-2-6(1)3-4-7-9-8-5-10-7;/h3-8,17H,1-2H3;6H,1-2H2;/q2*-1;+2. The molecule has 1 saturated carbocycles. The van der Waals surface area contributed by atoms with Crippen LogP contribution in [0.2, 0.25) is 0 Å². The van der Waals surface area contributed by atoms with Gasteiger partial charge in [0.25, 0.3) is 6.43 Å². The summed E-state index contributed by atoms with van der Waals surface area (Å²) in [6.45, 7) is 0. The third-order valence-electron chi connectivity index (χ3n) is 4.90. The van der Waals surface area contributed by atoms with Gasteiger partial charge in [-0.2, -0.15) is 5.10 Å². The molecule has 0 atom stereocenters. The van der Waals surface area contributed by atoms with Gasteiger partial charge in [0.05, 0.1) is 25.3 Å². The Morgan fingerprint density at radius 3 is 2.61 bits per heavy atom. The Kier molecular flexibility index (Phi) is 9.34. The Bertz CT molecular complexity index is 1380. The third kappa shape index (κ3) is 6.77. The van der Waals surface area contributed by atoms with Crippen LogP contribution in [-0.2, 0) is 28.3 Å². The summed E-state index contributed by atoms with van der Waals surface area (Å²) in [6, 6.07) is 4.54. The Labute approximate surface area is 220 Å². The number of aryl methyl sites for hydroxylation is 1. The van der Waals surface area contributed by atoms with Crippen molar-refractivity contribution in [3.8, 4) is 40.1 Å². The molecule has 0 unspecified atom stereocenters. The van der Waals surface area contributed by atoms with E-state index in [9.17, 15) is 13.6 Å². The zero-order valence-corrected chi connectivity index (χ0v) is 20.8. The van der Waals surface area contributed by atoms with Gasteiger partial charge in [-0.05, 0) is 30.5 Å². The molecule has 0 aliphatic heterocycles. The molecule has 12 heteroatoms. The van der Waals surface area contributed by atoms with E-state index in [1.165, 1.54) is 49.7 Å². The van der Waals surface area contributed by atoms with E-state index in [0.717, 1.165) is 5.01 Å². The number of pyridine rings is 2. The van der Waals surface area contributed by atoms with Crippen LogP contribution in [0.4, 0.5) is 8.78 Å². The first-order chi connectivity index (χ1) is 17.0. The fourth-order valence-corrected chi connectivity index (χ4v) is 3.35. The quantitative estimate of drug-likeness (QED) is 0.210. The van der Waals surface area contributed by atoms with Gasteiger partial charge in [0.1, 0.15) is 17.1 Å². The molecule has 1 fully saturated rings. The van der Waals surface area contributed by atoms with Crippen molar-refractivity contribution >= 4 is 17.6 Å². The maximum absolute atomic E-state index is 13.0. The maximum atomic E-state index is 13.0. The van der Waals surface area contributed by atoms with Gasteiger partial charge in [-0.1, -0.05) is 17.8 Å². The van der Waals surface area contributed by atoms with Crippen molar-refractivity contribution in [2.24, 2.45) is 13.0 Å². The Morgan fingerprint density at radius 1 is 1.22 bits per heavy atom. The van der Waals surface area contributed by atoms with E-state index in [-0.39, 0.29) is 27.8 Å². The van der Waals surface area contributed by atoms with Crippen LogP contribution in [0.1, 0.15) is 35.5 Å². The molecular formula is C24H18F2N6NiO2S. The summed E-state index contributed by atoms with van der Waals surface area (Å²) in [4.78, 5) is 19.1. The molecule has 5 rings (SSSR count). The zero-order valence-electron chi connectivity index (χ0n) is 19.0. The largest absolute Gasteiger partial charge is 2.00 e. The van der Waals surface area contributed by atoms with Gasteiger partial charge in [0.2, 0.25) is 0 Å². The summed E-state index contributed by atoms with van der Waals surface area (Å²) in [5.74, 6) is 6.95. The Hall–Kier alpha value is -3.55. The number of hydrogen-bond donors (Lipinski definition) is 0. The number of aromatic nitrogens is 6. The molecular weight excluding hydrogens is 533 g/mol. The van der Waals surface area contributed by atoms with Crippen LogP contribution < -0.4 is 4.74 Å². The predicted molar refractivity (Wildman–Crippen MR) is 124 cm³/mol. The molecule has 0 spiro atoms. The summed E-state index contributed by atoms with van der Waals surface area (Å²) in [5.41, 5.74) is 4.13. The molecule has 4 aromatic heterocycles. The molecule has 0 amide bonds. The van der Waals surface area contributed by atoms with Crippen molar-refractivity contribution in [1.82, 2.24) is 29.9 Å². The van der Waals surface area contributed by atoms with Crippen molar-refractivity contribution in [3.05, 3.63) is 58.6 Å². The summed E-state index contributed by atoms with van der Waals surface area (Å²) in [6.07, 6.45) is 5.83. The summed E-state index contributed by atoms with van der Waals surface area (Å²) in [5, 5.41) is 12.4. The van der Waals surface area contributed by atoms with E-state index in [4.69, 9.17) is 4.74 Å². The Balaban J connectivity index is 0.000000273. The van der Waals surface area contributed by atoms with Crippen molar-refractivity contribution in [1.29, 1.82) is 0 Å². The van der Waals surface area contributed by atoms with E-state index in [1.807, 2.05) is 0 Å². The number of hydrogen-bond acceptors (Lipinski definition) is 8. The second-order valence-corrected chi connectivity index (χ2v) is 8.22. The second kappa shape index (κ2) is 12.4. The van der Waals surface area contributed by atoms with Crippen LogP contribution in [0, 0.1) is 23.3 Å². The van der Waals surface area contributed by atoms with Crippen LogP contribution in [-0.4, -0.2) is 43.3 Å². The number of halogens is 2. The summed E-state index contributed by atoms with van der Waals surface area (Å²) < 4.78 is 32.9. The van der Waals surface area contributed by atoms with Crippen LogP contribution in [0.25, 0.3) is 22.5 Å². The molecule has 8 nitrogen and oxygen atoms in total. The van der Waals surface area contributed by atoms with Crippen LogP contribution in [0.15, 0.2) is 36.8 Å². The molecule has 0 radical (unpaired) electrons. The molecule has 0 N–H and O–H groups in total. The zero-order chi connectivity index (χ0) is 24.8. The first-order valence-corrected chi connectivity index (χ1v) is 11.2. The second-order valence-electron chi connectivity index (χ2n) is 7.44. The van der Waals surface area contributed by atoms with Crippen molar-refractivity contribution < 1.29 is 34.8 Å². The normalized spacial score (nSPS) is 12.0. The molecule has 4 heterocycles. The SMILES string of the molecule is C(#CC1CC1)c1nn[c-]s1.COc1cnc(C(F)F)cc1-c1cc(-c2ccn(C)n2)ncc1[C-]=O.[Ni+2]. The number of methoxy groups -OCH3 is 1. The predicted octanol–water partition coefficient (Wildman–Crippen LogP) is 4.05. The molecule has 0 saturated heterocycles. The smallest absolute Gasteiger partial charge is 0.496 e. The molecule has 186 valence electrons. The fourth-order valence-electron chi connectivity index (χ4n) is 2.99. The number of nitrogens with zero attached hydrogens (tertiary/aromatic N) is 6. The molecule has 0 aromatic carbocycles. The summed E-state index contributed by atoms with van der Waals surface area (Å²) in [7, 11) is 3.16. The maximum Gasteiger partial charge on any atom is 2.00 e. The van der Waals surface area contributed by atoms with Crippen LogP contribution >= 0.6 is 11.3 Å². The topological polar surface area (TPSA) is 95.7 Å². The van der Waals surface area contributed by atoms with Crippen molar-refractivity contribution in [3.63, 3.8) is 0 Å². The summed E-state index contributed by atoms with van der Waals surface area (Å²) >= 11 is 1.37. The van der Waals surface area contributed by atoms with Gasteiger partial charge in [0.15, 0.2) is 0 Å². The fraction of sp³-hybridized carbons (Fsp3) is 0.250. The van der Waals surface area contributed by atoms with E-state index in [2.05, 4.69) is 42.6 Å². The van der Waals surface area contributed by atoms with Gasteiger partial charge in [0, 0.05) is 24.2 Å². The van der Waals surface area contributed by atoms with E-state index in [0.29, 0.717) is 28.4 Å². The Morgan fingerprint density at radius 2 is 2.03 bits per heavy atom. The van der Waals surface area contributed by atoms with Crippen molar-refractivity contribution in [2.45, 2.75) is 19.3 Å². The number of rotatable bonds is 5. The van der Waals surface area contributed by atoms with Gasteiger partial charge in [-0.25, -0.2) is 13.9 Å². The molecule has 0 bridgehead atoms. The van der Waals surface area contributed by atoms with E-state index >= 15 is 0 Å². The molecule has 1 aliphatic carbocycles. The van der Waals surface area contributed by atoms with Gasteiger partial charge in [-0.15, -0.1) is 23.0 Å². The third-order valence-corrected chi connectivity index (χ3v) is 5.45. The minimum atomic E-state index is -2.74. The average molecular weight is 551 g/mol. The van der Waals surface area contributed by atoms with Gasteiger partial charge < -0.3 is 25.9 Å².